The number of aromatic hydroxyl groups is 1. The molecule has 1 rings (SSSR count). The number of phenolic OH excluding ortho intramolecular Hbond substituents is 1. The van der Waals surface area contributed by atoms with Crippen LogP contribution in [0.1, 0.15) is 11.7 Å². The number of hydrogen-bond donors (Lipinski definition) is 2. The van der Waals surface area contributed by atoms with Gasteiger partial charge in [0.15, 0.2) is 0 Å². The van der Waals surface area contributed by atoms with E-state index in [9.17, 15) is 14.5 Å². The van der Waals surface area contributed by atoms with Crippen LogP contribution in [-0.2, 0) is 0 Å². The maximum absolute atomic E-state index is 13.1. The van der Waals surface area contributed by atoms with Crippen LogP contribution in [0.2, 0.25) is 0 Å². The Hall–Kier alpha value is -1.69. The molecule has 5 nitrogen and oxygen atoms in total. The predicted octanol–water partition coefficient (Wildman–Crippen LogP) is 1.27. The fourth-order valence-electron chi connectivity index (χ4n) is 1.09. The van der Waals surface area contributed by atoms with Crippen molar-refractivity contribution in [3.63, 3.8) is 0 Å². The van der Waals surface area contributed by atoms with Crippen LogP contribution in [0.25, 0.3) is 0 Å². The number of halogens is 1. The van der Waals surface area contributed by atoms with Gasteiger partial charge in [-0.05, 0) is 12.1 Å². The topological polar surface area (TPSA) is 89.4 Å². The fourth-order valence-corrected chi connectivity index (χ4v) is 1.09. The van der Waals surface area contributed by atoms with Gasteiger partial charge in [-0.25, -0.2) is 4.39 Å². The molecule has 0 amide bonds. The second kappa shape index (κ2) is 4.01. The summed E-state index contributed by atoms with van der Waals surface area (Å²) in [4.78, 5) is 9.76. The minimum Gasteiger partial charge on any atom is -0.508 e. The van der Waals surface area contributed by atoms with Crippen LogP contribution < -0.4 is 5.73 Å². The summed E-state index contributed by atoms with van der Waals surface area (Å²) >= 11 is 0. The number of alkyl halides is 1. The van der Waals surface area contributed by atoms with Gasteiger partial charge in [0.25, 0.3) is 5.69 Å². The van der Waals surface area contributed by atoms with E-state index in [1.54, 1.807) is 0 Å². The fraction of sp³-hybridized carbons (Fsp3) is 0.250. The third kappa shape index (κ3) is 1.97. The van der Waals surface area contributed by atoms with Gasteiger partial charge in [0.05, 0.1) is 10.5 Å². The van der Waals surface area contributed by atoms with Crippen LogP contribution in [0, 0.1) is 10.1 Å². The van der Waals surface area contributed by atoms with E-state index < -0.39 is 11.1 Å². The van der Waals surface area contributed by atoms with Crippen molar-refractivity contribution in [2.45, 2.75) is 6.17 Å². The summed E-state index contributed by atoms with van der Waals surface area (Å²) in [7, 11) is 0. The molecule has 1 atom stereocenters. The van der Waals surface area contributed by atoms with Crippen LogP contribution in [0.4, 0.5) is 10.1 Å². The number of nitrogens with two attached hydrogens (primary N) is 1. The number of rotatable bonds is 3. The molecule has 0 fully saturated rings. The smallest absolute Gasteiger partial charge is 0.275 e. The molecule has 0 aromatic heterocycles. The van der Waals surface area contributed by atoms with Crippen LogP contribution in [-0.4, -0.2) is 16.6 Å². The van der Waals surface area contributed by atoms with E-state index in [1.165, 1.54) is 0 Å². The maximum Gasteiger partial charge on any atom is 0.275 e. The van der Waals surface area contributed by atoms with Crippen LogP contribution in [0.5, 0.6) is 5.75 Å². The standard InChI is InChI=1S/C8H9FN2O3/c9-7(4-10)6-3-5(12)1-2-8(6)11(13)14/h1-3,7,12H,4,10H2. The minimum absolute atomic E-state index is 0.197. The molecule has 3 N–H and O–H groups in total. The molecule has 0 aliphatic carbocycles. The molecule has 0 heterocycles. The largest absolute Gasteiger partial charge is 0.508 e. The molecule has 76 valence electrons. The lowest BCUT2D eigenvalue weighted by Gasteiger charge is -2.06. The van der Waals surface area contributed by atoms with Gasteiger partial charge < -0.3 is 10.8 Å². The molecule has 0 spiro atoms. The monoisotopic (exact) mass is 200 g/mol. The summed E-state index contributed by atoms with van der Waals surface area (Å²) in [5.41, 5.74) is 4.47. The zero-order chi connectivity index (χ0) is 10.7. The summed E-state index contributed by atoms with van der Waals surface area (Å²) in [6, 6.07) is 3.19. The average molecular weight is 200 g/mol. The van der Waals surface area contributed by atoms with Gasteiger partial charge in [-0.15, -0.1) is 0 Å². The Morgan fingerprint density at radius 2 is 2.29 bits per heavy atom. The lowest BCUT2D eigenvalue weighted by molar-refractivity contribution is -0.386. The average Bonchev–Trinajstić information content (AvgIpc) is 2.16. The van der Waals surface area contributed by atoms with Gasteiger partial charge in [0, 0.05) is 12.6 Å². The quantitative estimate of drug-likeness (QED) is 0.567. The Bertz CT molecular complexity index is 356. The van der Waals surface area contributed by atoms with Gasteiger partial charge >= 0.3 is 0 Å². The van der Waals surface area contributed by atoms with Gasteiger partial charge in [-0.1, -0.05) is 0 Å². The number of benzene rings is 1. The zero-order valence-corrected chi connectivity index (χ0v) is 7.18. The van der Waals surface area contributed by atoms with Crippen molar-refractivity contribution in [2.75, 3.05) is 6.54 Å². The highest BCUT2D eigenvalue weighted by atomic mass is 19.1. The summed E-state index contributed by atoms with van der Waals surface area (Å²) in [6.45, 7) is -0.357. The number of nitrogens with zero attached hydrogens (tertiary/aromatic N) is 1. The first-order chi connectivity index (χ1) is 6.56. The van der Waals surface area contributed by atoms with Crippen LogP contribution in [0.15, 0.2) is 18.2 Å². The van der Waals surface area contributed by atoms with Gasteiger partial charge in [-0.2, -0.15) is 0 Å². The van der Waals surface area contributed by atoms with E-state index in [-0.39, 0.29) is 23.5 Å². The van der Waals surface area contributed by atoms with E-state index in [4.69, 9.17) is 10.8 Å². The lowest BCUT2D eigenvalue weighted by Crippen LogP contribution is -2.09. The summed E-state index contributed by atoms with van der Waals surface area (Å²) < 4.78 is 13.1. The van der Waals surface area contributed by atoms with Crippen molar-refractivity contribution in [2.24, 2.45) is 5.73 Å². The number of hydrogen-bond acceptors (Lipinski definition) is 4. The molecule has 1 aromatic carbocycles. The second-order valence-corrected chi connectivity index (χ2v) is 2.70. The molecular weight excluding hydrogens is 191 g/mol. The molecule has 0 saturated heterocycles. The highest BCUT2D eigenvalue weighted by Crippen LogP contribution is 2.30. The predicted molar refractivity (Wildman–Crippen MR) is 47.7 cm³/mol. The van der Waals surface area contributed by atoms with Gasteiger partial charge in [0.1, 0.15) is 11.9 Å². The molecule has 0 bridgehead atoms. The molecular formula is C8H9FN2O3. The van der Waals surface area contributed by atoms with Gasteiger partial charge in [-0.3, -0.25) is 10.1 Å². The lowest BCUT2D eigenvalue weighted by atomic mass is 10.1. The van der Waals surface area contributed by atoms with E-state index in [1.807, 2.05) is 0 Å². The van der Waals surface area contributed by atoms with E-state index >= 15 is 0 Å². The number of nitro groups is 1. The SMILES string of the molecule is NCC(F)c1cc(O)ccc1[N+](=O)[O-]. The zero-order valence-electron chi connectivity index (χ0n) is 7.18. The Labute approximate surface area is 79.1 Å². The van der Waals surface area contributed by atoms with E-state index in [2.05, 4.69) is 0 Å². The summed E-state index contributed by atoms with van der Waals surface area (Å²) in [5.74, 6) is -0.221. The Morgan fingerprint density at radius 1 is 1.64 bits per heavy atom. The van der Waals surface area contributed by atoms with Crippen molar-refractivity contribution >= 4 is 5.69 Å². The molecule has 0 aliphatic rings. The number of nitro benzene ring substituents is 1. The highest BCUT2D eigenvalue weighted by Gasteiger charge is 2.21. The molecule has 14 heavy (non-hydrogen) atoms. The first kappa shape index (κ1) is 10.4. The minimum atomic E-state index is -1.64. The first-order valence-electron chi connectivity index (χ1n) is 3.87. The molecule has 6 heteroatoms. The maximum atomic E-state index is 13.1. The van der Waals surface area contributed by atoms with Gasteiger partial charge in [0.2, 0.25) is 0 Å². The first-order valence-corrected chi connectivity index (χ1v) is 3.87. The normalized spacial score (nSPS) is 12.4. The molecule has 0 saturated carbocycles. The Morgan fingerprint density at radius 3 is 2.79 bits per heavy atom. The van der Waals surface area contributed by atoms with E-state index in [0.717, 1.165) is 18.2 Å². The number of phenols is 1. The van der Waals surface area contributed by atoms with Crippen molar-refractivity contribution in [1.29, 1.82) is 0 Å². The second-order valence-electron chi connectivity index (χ2n) is 2.70. The molecule has 1 unspecified atom stereocenters. The Balaban J connectivity index is 3.22. The third-order valence-electron chi connectivity index (χ3n) is 1.75. The van der Waals surface area contributed by atoms with Crippen LogP contribution in [0.3, 0.4) is 0 Å². The van der Waals surface area contributed by atoms with Crippen LogP contribution >= 0.6 is 0 Å². The van der Waals surface area contributed by atoms with Crippen molar-refractivity contribution in [3.8, 4) is 5.75 Å². The summed E-state index contributed by atoms with van der Waals surface area (Å²) in [5, 5.41) is 19.5. The molecule has 0 aliphatic heterocycles. The molecule has 1 aromatic rings. The van der Waals surface area contributed by atoms with Crippen molar-refractivity contribution in [3.05, 3.63) is 33.9 Å². The van der Waals surface area contributed by atoms with Crippen molar-refractivity contribution in [1.82, 2.24) is 0 Å². The molecule has 0 radical (unpaired) electrons. The van der Waals surface area contributed by atoms with Crippen molar-refractivity contribution < 1.29 is 14.4 Å². The summed E-state index contributed by atoms with van der Waals surface area (Å²) in [6.07, 6.45) is -1.64. The highest BCUT2D eigenvalue weighted by molar-refractivity contribution is 5.46. The third-order valence-corrected chi connectivity index (χ3v) is 1.75. The Kier molecular flexibility index (Phi) is 2.98. The van der Waals surface area contributed by atoms with E-state index in [0.29, 0.717) is 0 Å².